The Bertz CT molecular complexity index is 341. The fourth-order valence-corrected chi connectivity index (χ4v) is 1.82. The van der Waals surface area contributed by atoms with E-state index in [0.29, 0.717) is 18.3 Å². The second-order valence-corrected chi connectivity index (χ2v) is 3.97. The Morgan fingerprint density at radius 3 is 3.20 bits per heavy atom. The van der Waals surface area contributed by atoms with Crippen LogP contribution >= 0.6 is 0 Å². The van der Waals surface area contributed by atoms with Crippen LogP contribution in [0.5, 0.6) is 0 Å². The molecule has 1 aromatic rings. The number of amides is 1. The molecule has 1 fully saturated rings. The van der Waals surface area contributed by atoms with E-state index in [1.54, 1.807) is 6.20 Å². The summed E-state index contributed by atoms with van der Waals surface area (Å²) in [6, 6.07) is 0.341. The second kappa shape index (κ2) is 4.44. The quantitative estimate of drug-likeness (QED) is 0.688. The first-order valence-electron chi connectivity index (χ1n) is 5.29. The van der Waals surface area contributed by atoms with E-state index in [1.807, 2.05) is 6.92 Å². The third-order valence-electron chi connectivity index (χ3n) is 2.69. The highest BCUT2D eigenvalue weighted by molar-refractivity contribution is 5.90. The SMILES string of the molecule is Cc1cn[nH]c1NC(=O)CC1CCCN1. The van der Waals surface area contributed by atoms with Crippen LogP contribution in [0.1, 0.15) is 24.8 Å². The van der Waals surface area contributed by atoms with Gasteiger partial charge in [-0.3, -0.25) is 9.89 Å². The molecular formula is C10H16N4O. The highest BCUT2D eigenvalue weighted by atomic mass is 16.1. The van der Waals surface area contributed by atoms with E-state index >= 15 is 0 Å². The molecule has 15 heavy (non-hydrogen) atoms. The number of carbonyl (C=O) groups excluding carboxylic acids is 1. The van der Waals surface area contributed by atoms with Gasteiger partial charge in [-0.15, -0.1) is 0 Å². The number of aryl methyl sites for hydroxylation is 1. The molecule has 1 atom stereocenters. The number of H-pyrrole nitrogens is 1. The van der Waals surface area contributed by atoms with Crippen molar-refractivity contribution in [3.8, 4) is 0 Å². The van der Waals surface area contributed by atoms with Crippen molar-refractivity contribution in [2.75, 3.05) is 11.9 Å². The Balaban J connectivity index is 1.84. The van der Waals surface area contributed by atoms with Crippen molar-refractivity contribution >= 4 is 11.7 Å². The van der Waals surface area contributed by atoms with Crippen LogP contribution in [0.25, 0.3) is 0 Å². The Hall–Kier alpha value is -1.36. The monoisotopic (exact) mass is 208 g/mol. The highest BCUT2D eigenvalue weighted by Gasteiger charge is 2.18. The van der Waals surface area contributed by atoms with E-state index in [4.69, 9.17) is 0 Å². The van der Waals surface area contributed by atoms with Crippen molar-refractivity contribution < 1.29 is 4.79 Å². The van der Waals surface area contributed by atoms with Crippen LogP contribution in [-0.4, -0.2) is 28.7 Å². The molecule has 0 aromatic carbocycles. The van der Waals surface area contributed by atoms with E-state index in [-0.39, 0.29) is 5.91 Å². The van der Waals surface area contributed by atoms with Crippen LogP contribution in [0.2, 0.25) is 0 Å². The fourth-order valence-electron chi connectivity index (χ4n) is 1.82. The van der Waals surface area contributed by atoms with Gasteiger partial charge in [0.15, 0.2) is 0 Å². The normalized spacial score (nSPS) is 20.5. The maximum absolute atomic E-state index is 11.6. The number of nitrogens with one attached hydrogen (secondary N) is 3. The van der Waals surface area contributed by atoms with Gasteiger partial charge in [-0.1, -0.05) is 0 Å². The molecule has 1 aromatic heterocycles. The topological polar surface area (TPSA) is 69.8 Å². The molecule has 2 heterocycles. The molecule has 1 aliphatic rings. The predicted molar refractivity (Wildman–Crippen MR) is 57.6 cm³/mol. The zero-order valence-electron chi connectivity index (χ0n) is 8.84. The minimum absolute atomic E-state index is 0.0433. The molecule has 3 N–H and O–H groups in total. The second-order valence-electron chi connectivity index (χ2n) is 3.97. The van der Waals surface area contributed by atoms with Gasteiger partial charge in [-0.25, -0.2) is 0 Å². The number of rotatable bonds is 3. The Morgan fingerprint density at radius 1 is 1.73 bits per heavy atom. The number of anilines is 1. The molecule has 0 bridgehead atoms. The van der Waals surface area contributed by atoms with E-state index in [2.05, 4.69) is 20.8 Å². The number of nitrogens with zero attached hydrogens (tertiary/aromatic N) is 1. The zero-order valence-corrected chi connectivity index (χ0v) is 8.84. The Kier molecular flexibility index (Phi) is 3.01. The first kappa shape index (κ1) is 10.2. The van der Waals surface area contributed by atoms with Crippen LogP contribution in [0.4, 0.5) is 5.82 Å². The largest absolute Gasteiger partial charge is 0.313 e. The average Bonchev–Trinajstić information content (AvgIpc) is 2.79. The molecule has 0 spiro atoms. The average molecular weight is 208 g/mol. The summed E-state index contributed by atoms with van der Waals surface area (Å²) in [4.78, 5) is 11.6. The number of hydrogen-bond acceptors (Lipinski definition) is 3. The van der Waals surface area contributed by atoms with Crippen LogP contribution in [0, 0.1) is 6.92 Å². The van der Waals surface area contributed by atoms with Crippen molar-refractivity contribution in [1.29, 1.82) is 0 Å². The van der Waals surface area contributed by atoms with E-state index in [9.17, 15) is 4.79 Å². The van der Waals surface area contributed by atoms with Crippen molar-refractivity contribution in [3.63, 3.8) is 0 Å². The van der Waals surface area contributed by atoms with Crippen LogP contribution < -0.4 is 10.6 Å². The standard InChI is InChI=1S/C10H16N4O/c1-7-6-12-14-10(7)13-9(15)5-8-3-2-4-11-8/h6,8,11H,2-5H2,1H3,(H2,12,13,14,15). The molecule has 1 unspecified atom stereocenters. The third-order valence-corrected chi connectivity index (χ3v) is 2.69. The molecule has 2 rings (SSSR count). The van der Waals surface area contributed by atoms with Gasteiger partial charge in [0.1, 0.15) is 5.82 Å². The van der Waals surface area contributed by atoms with Crippen molar-refractivity contribution in [2.45, 2.75) is 32.2 Å². The molecule has 1 amide bonds. The summed E-state index contributed by atoms with van der Waals surface area (Å²) in [5, 5.41) is 12.7. The van der Waals surface area contributed by atoms with Gasteiger partial charge in [0.2, 0.25) is 5.91 Å². The Morgan fingerprint density at radius 2 is 2.60 bits per heavy atom. The molecular weight excluding hydrogens is 192 g/mol. The summed E-state index contributed by atoms with van der Waals surface area (Å²) in [5.74, 6) is 0.750. The molecule has 1 saturated heterocycles. The molecule has 5 heteroatoms. The van der Waals surface area contributed by atoms with Crippen LogP contribution in [-0.2, 0) is 4.79 Å². The predicted octanol–water partition coefficient (Wildman–Crippen LogP) is 0.799. The summed E-state index contributed by atoms with van der Waals surface area (Å²) in [6.07, 6.45) is 4.50. The molecule has 0 saturated carbocycles. The van der Waals surface area contributed by atoms with Gasteiger partial charge < -0.3 is 10.6 Å². The van der Waals surface area contributed by atoms with Crippen molar-refractivity contribution in [3.05, 3.63) is 11.8 Å². The summed E-state index contributed by atoms with van der Waals surface area (Å²) in [7, 11) is 0. The lowest BCUT2D eigenvalue weighted by Gasteiger charge is -2.09. The summed E-state index contributed by atoms with van der Waals surface area (Å²) >= 11 is 0. The molecule has 82 valence electrons. The minimum Gasteiger partial charge on any atom is -0.313 e. The van der Waals surface area contributed by atoms with Gasteiger partial charge in [-0.2, -0.15) is 5.10 Å². The van der Waals surface area contributed by atoms with Gasteiger partial charge in [-0.05, 0) is 26.3 Å². The van der Waals surface area contributed by atoms with Crippen LogP contribution in [0.15, 0.2) is 6.20 Å². The van der Waals surface area contributed by atoms with Crippen LogP contribution in [0.3, 0.4) is 0 Å². The lowest BCUT2D eigenvalue weighted by atomic mass is 10.1. The fraction of sp³-hybridized carbons (Fsp3) is 0.600. The number of carbonyl (C=O) groups is 1. The summed E-state index contributed by atoms with van der Waals surface area (Å²) in [5.41, 5.74) is 0.961. The lowest BCUT2D eigenvalue weighted by Crippen LogP contribution is -2.27. The first-order valence-corrected chi connectivity index (χ1v) is 5.29. The Labute approximate surface area is 88.6 Å². The maximum atomic E-state index is 11.6. The molecule has 0 aliphatic carbocycles. The first-order chi connectivity index (χ1) is 7.25. The van der Waals surface area contributed by atoms with E-state index in [1.165, 1.54) is 6.42 Å². The zero-order chi connectivity index (χ0) is 10.7. The van der Waals surface area contributed by atoms with Gasteiger partial charge in [0, 0.05) is 18.0 Å². The summed E-state index contributed by atoms with van der Waals surface area (Å²) < 4.78 is 0. The molecule has 5 nitrogen and oxygen atoms in total. The number of hydrogen-bond donors (Lipinski definition) is 3. The maximum Gasteiger partial charge on any atom is 0.227 e. The van der Waals surface area contributed by atoms with Crippen molar-refractivity contribution in [1.82, 2.24) is 15.5 Å². The lowest BCUT2D eigenvalue weighted by molar-refractivity contribution is -0.116. The van der Waals surface area contributed by atoms with Gasteiger partial charge >= 0.3 is 0 Å². The van der Waals surface area contributed by atoms with Gasteiger partial charge in [0.25, 0.3) is 0 Å². The summed E-state index contributed by atoms with van der Waals surface area (Å²) in [6.45, 7) is 2.94. The van der Waals surface area contributed by atoms with Gasteiger partial charge in [0.05, 0.1) is 6.20 Å². The molecule has 0 radical (unpaired) electrons. The number of aromatic amines is 1. The number of aromatic nitrogens is 2. The smallest absolute Gasteiger partial charge is 0.227 e. The van der Waals surface area contributed by atoms with E-state index in [0.717, 1.165) is 18.5 Å². The van der Waals surface area contributed by atoms with E-state index < -0.39 is 0 Å². The minimum atomic E-state index is 0.0433. The molecule has 1 aliphatic heterocycles. The van der Waals surface area contributed by atoms with Crippen molar-refractivity contribution in [2.24, 2.45) is 0 Å². The highest BCUT2D eigenvalue weighted by Crippen LogP contribution is 2.12. The third kappa shape index (κ3) is 2.56.